The van der Waals surface area contributed by atoms with E-state index in [2.05, 4.69) is 47.0 Å². The number of thioether (sulfide) groups is 1. The number of allylic oxidation sites excluding steroid dienone is 1. The van der Waals surface area contributed by atoms with Gasteiger partial charge in [-0.3, -0.25) is 0 Å². The molecule has 0 heterocycles. The predicted octanol–water partition coefficient (Wildman–Crippen LogP) is 7.73. The number of rotatable bonds is 14. The molecular formula is C21H42S. The lowest BCUT2D eigenvalue weighted by Crippen LogP contribution is -2.00. The molecule has 0 radical (unpaired) electrons. The van der Waals surface area contributed by atoms with Gasteiger partial charge in [0.1, 0.15) is 0 Å². The lowest BCUT2D eigenvalue weighted by molar-refractivity contribution is 0.389. The Bertz CT molecular complexity index is 267. The largest absolute Gasteiger partial charge is 0.161 e. The first kappa shape index (κ1) is 22.1. The standard InChI is InChI=1S/C21H42S/c1-18(2)10-7-11-19(3)12-8-13-20(4)14-9-15-21(5)16-17-22-6/h16,18-20H,7-15,17H2,1-6H3/b21-16+. The molecule has 1 heteroatoms. The fourth-order valence-electron chi connectivity index (χ4n) is 3.04. The molecule has 0 N–H and O–H groups in total. The average molecular weight is 327 g/mol. The van der Waals surface area contributed by atoms with Gasteiger partial charge >= 0.3 is 0 Å². The van der Waals surface area contributed by atoms with E-state index in [9.17, 15) is 0 Å². The van der Waals surface area contributed by atoms with Crippen LogP contribution in [-0.4, -0.2) is 12.0 Å². The molecule has 132 valence electrons. The molecule has 2 atom stereocenters. The van der Waals surface area contributed by atoms with Gasteiger partial charge in [-0.15, -0.1) is 0 Å². The maximum Gasteiger partial charge on any atom is 0.0113 e. The smallest absolute Gasteiger partial charge is 0.0113 e. The Morgan fingerprint density at radius 2 is 1.32 bits per heavy atom. The van der Waals surface area contributed by atoms with Gasteiger partial charge in [0.25, 0.3) is 0 Å². The van der Waals surface area contributed by atoms with E-state index in [0.29, 0.717) is 0 Å². The fourth-order valence-corrected chi connectivity index (χ4v) is 3.49. The zero-order valence-electron chi connectivity index (χ0n) is 16.3. The molecule has 0 saturated heterocycles. The lowest BCUT2D eigenvalue weighted by Gasteiger charge is -2.15. The Kier molecular flexibility index (Phi) is 14.7. The highest BCUT2D eigenvalue weighted by molar-refractivity contribution is 7.98. The third-order valence-electron chi connectivity index (χ3n) is 4.74. The molecule has 0 aliphatic carbocycles. The first-order valence-corrected chi connectivity index (χ1v) is 11.0. The van der Waals surface area contributed by atoms with Crippen molar-refractivity contribution in [1.29, 1.82) is 0 Å². The molecule has 0 rings (SSSR count). The second-order valence-electron chi connectivity index (χ2n) is 7.86. The third-order valence-corrected chi connectivity index (χ3v) is 5.24. The summed E-state index contributed by atoms with van der Waals surface area (Å²) >= 11 is 1.91. The van der Waals surface area contributed by atoms with Crippen LogP contribution in [0.2, 0.25) is 0 Å². The summed E-state index contributed by atoms with van der Waals surface area (Å²) in [5.74, 6) is 3.90. The van der Waals surface area contributed by atoms with Crippen molar-refractivity contribution in [2.24, 2.45) is 17.8 Å². The summed E-state index contributed by atoms with van der Waals surface area (Å²) in [5.41, 5.74) is 1.58. The van der Waals surface area contributed by atoms with Gasteiger partial charge in [0, 0.05) is 5.75 Å². The van der Waals surface area contributed by atoms with Gasteiger partial charge in [-0.2, -0.15) is 11.8 Å². The van der Waals surface area contributed by atoms with E-state index < -0.39 is 0 Å². The van der Waals surface area contributed by atoms with Crippen molar-refractivity contribution in [3.05, 3.63) is 11.6 Å². The van der Waals surface area contributed by atoms with E-state index in [0.717, 1.165) is 17.8 Å². The molecule has 0 aromatic carbocycles. The van der Waals surface area contributed by atoms with Crippen LogP contribution >= 0.6 is 11.8 Å². The summed E-state index contributed by atoms with van der Waals surface area (Å²) in [6.07, 6.45) is 17.2. The third kappa shape index (κ3) is 15.0. The Balaban J connectivity index is 3.54. The molecule has 0 nitrogen and oxygen atoms in total. The zero-order chi connectivity index (χ0) is 16.8. The molecule has 2 unspecified atom stereocenters. The van der Waals surface area contributed by atoms with Gasteiger partial charge in [-0.1, -0.05) is 84.3 Å². The summed E-state index contributed by atoms with van der Waals surface area (Å²) in [6, 6.07) is 0. The van der Waals surface area contributed by atoms with Crippen molar-refractivity contribution in [3.63, 3.8) is 0 Å². The minimum absolute atomic E-state index is 0.876. The van der Waals surface area contributed by atoms with Crippen molar-refractivity contribution in [1.82, 2.24) is 0 Å². The maximum absolute atomic E-state index is 2.45. The van der Waals surface area contributed by atoms with Gasteiger partial charge in [0.05, 0.1) is 0 Å². The van der Waals surface area contributed by atoms with Crippen LogP contribution in [0.15, 0.2) is 11.6 Å². The van der Waals surface area contributed by atoms with Crippen LogP contribution in [0.1, 0.15) is 92.4 Å². The van der Waals surface area contributed by atoms with Crippen LogP contribution in [0.5, 0.6) is 0 Å². The monoisotopic (exact) mass is 326 g/mol. The van der Waals surface area contributed by atoms with Crippen molar-refractivity contribution < 1.29 is 0 Å². The molecule has 0 bridgehead atoms. The summed E-state index contributed by atoms with van der Waals surface area (Å²) in [5, 5.41) is 0. The maximum atomic E-state index is 2.45. The summed E-state index contributed by atoms with van der Waals surface area (Å²) in [4.78, 5) is 0. The summed E-state index contributed by atoms with van der Waals surface area (Å²) < 4.78 is 0. The van der Waals surface area contributed by atoms with Crippen LogP contribution < -0.4 is 0 Å². The minimum Gasteiger partial charge on any atom is -0.161 e. The average Bonchev–Trinajstić information content (AvgIpc) is 2.44. The number of hydrogen-bond acceptors (Lipinski definition) is 1. The second-order valence-corrected chi connectivity index (χ2v) is 8.77. The van der Waals surface area contributed by atoms with E-state index in [1.54, 1.807) is 5.57 Å². The van der Waals surface area contributed by atoms with E-state index in [1.165, 1.54) is 63.5 Å². The van der Waals surface area contributed by atoms with Crippen molar-refractivity contribution >= 4 is 11.8 Å². The normalized spacial score (nSPS) is 15.3. The minimum atomic E-state index is 0.876. The van der Waals surface area contributed by atoms with E-state index >= 15 is 0 Å². The molecule has 0 aromatic rings. The van der Waals surface area contributed by atoms with Crippen LogP contribution in [0.25, 0.3) is 0 Å². The fraction of sp³-hybridized carbons (Fsp3) is 0.905. The molecule has 0 aliphatic rings. The Morgan fingerprint density at radius 1 is 0.818 bits per heavy atom. The van der Waals surface area contributed by atoms with Crippen molar-refractivity contribution in [3.8, 4) is 0 Å². The second kappa shape index (κ2) is 14.7. The molecule has 0 aromatic heterocycles. The molecule has 0 saturated carbocycles. The molecule has 22 heavy (non-hydrogen) atoms. The molecule has 0 spiro atoms. The highest BCUT2D eigenvalue weighted by Gasteiger charge is 2.06. The van der Waals surface area contributed by atoms with Gasteiger partial charge in [-0.25, -0.2) is 0 Å². The van der Waals surface area contributed by atoms with Crippen molar-refractivity contribution in [2.75, 3.05) is 12.0 Å². The van der Waals surface area contributed by atoms with E-state index in [4.69, 9.17) is 0 Å². The van der Waals surface area contributed by atoms with Crippen LogP contribution in [0.3, 0.4) is 0 Å². The van der Waals surface area contributed by atoms with Gasteiger partial charge in [-0.05, 0) is 43.8 Å². The highest BCUT2D eigenvalue weighted by atomic mass is 32.2. The molecule has 0 amide bonds. The topological polar surface area (TPSA) is 0 Å². The van der Waals surface area contributed by atoms with Gasteiger partial charge in [0.15, 0.2) is 0 Å². The van der Waals surface area contributed by atoms with Crippen LogP contribution in [0, 0.1) is 17.8 Å². The summed E-state index contributed by atoms with van der Waals surface area (Å²) in [7, 11) is 0. The Morgan fingerprint density at radius 3 is 1.82 bits per heavy atom. The quantitative estimate of drug-likeness (QED) is 0.294. The SMILES string of the molecule is CSC/C=C(\C)CCCC(C)CCCC(C)CCCC(C)C. The molecule has 0 fully saturated rings. The van der Waals surface area contributed by atoms with Gasteiger partial charge in [0.2, 0.25) is 0 Å². The van der Waals surface area contributed by atoms with E-state index in [-0.39, 0.29) is 0 Å². The Labute approximate surface area is 145 Å². The van der Waals surface area contributed by atoms with E-state index in [1.807, 2.05) is 11.8 Å². The first-order valence-electron chi connectivity index (χ1n) is 9.60. The number of hydrogen-bond donors (Lipinski definition) is 0. The lowest BCUT2D eigenvalue weighted by atomic mass is 9.91. The molecular weight excluding hydrogens is 284 g/mol. The van der Waals surface area contributed by atoms with Gasteiger partial charge < -0.3 is 0 Å². The first-order chi connectivity index (χ1) is 10.5. The van der Waals surface area contributed by atoms with Crippen molar-refractivity contribution in [2.45, 2.75) is 92.4 Å². The molecule has 0 aliphatic heterocycles. The Hall–Kier alpha value is 0.0900. The van der Waals surface area contributed by atoms with Crippen LogP contribution in [0.4, 0.5) is 0 Å². The highest BCUT2D eigenvalue weighted by Crippen LogP contribution is 2.22. The summed E-state index contributed by atoms with van der Waals surface area (Å²) in [6.45, 7) is 11.9. The zero-order valence-corrected chi connectivity index (χ0v) is 17.1. The van der Waals surface area contributed by atoms with Crippen LogP contribution in [-0.2, 0) is 0 Å². The predicted molar refractivity (Wildman–Crippen MR) is 107 cm³/mol.